The van der Waals surface area contributed by atoms with E-state index in [-0.39, 0.29) is 6.42 Å². The van der Waals surface area contributed by atoms with Gasteiger partial charge in [0.15, 0.2) is 5.65 Å². The van der Waals surface area contributed by atoms with Gasteiger partial charge in [0.1, 0.15) is 6.33 Å². The van der Waals surface area contributed by atoms with Gasteiger partial charge in [0, 0.05) is 12.2 Å². The van der Waals surface area contributed by atoms with E-state index in [1.807, 2.05) is 0 Å². The Morgan fingerprint density at radius 2 is 2.40 bits per heavy atom. The van der Waals surface area contributed by atoms with Crippen molar-refractivity contribution in [1.29, 1.82) is 0 Å². The first-order chi connectivity index (χ1) is 7.16. The summed E-state index contributed by atoms with van der Waals surface area (Å²) in [6.45, 7) is 0. The second-order valence-corrected chi connectivity index (χ2v) is 3.23. The number of carbonyl (C=O) groups is 1. The van der Waals surface area contributed by atoms with E-state index in [1.165, 1.54) is 6.33 Å². The van der Waals surface area contributed by atoms with E-state index >= 15 is 0 Å². The Bertz CT molecular complexity index is 494. The van der Waals surface area contributed by atoms with Crippen LogP contribution >= 0.6 is 0 Å². The molecule has 6 heteroatoms. The zero-order chi connectivity index (χ0) is 10.8. The predicted molar refractivity (Wildman–Crippen MR) is 52.2 cm³/mol. The van der Waals surface area contributed by atoms with E-state index in [9.17, 15) is 4.79 Å². The van der Waals surface area contributed by atoms with Crippen LogP contribution in [0, 0.1) is 0 Å². The molecule has 0 fully saturated rings. The van der Waals surface area contributed by atoms with Gasteiger partial charge in [-0.15, -0.1) is 0 Å². The number of fused-ring (bicyclic) bond motifs is 1. The normalized spacial score (nSPS) is 12.9. The van der Waals surface area contributed by atoms with Crippen LogP contribution in [0.4, 0.5) is 0 Å². The lowest BCUT2D eigenvalue weighted by Gasteiger charge is -2.08. The molecule has 1 unspecified atom stereocenters. The third-order valence-electron chi connectivity index (χ3n) is 2.12. The molecule has 2 aromatic rings. The first-order valence-electron chi connectivity index (χ1n) is 4.43. The molecule has 0 amide bonds. The van der Waals surface area contributed by atoms with Crippen LogP contribution in [0.15, 0.2) is 24.7 Å². The third kappa shape index (κ3) is 1.94. The van der Waals surface area contributed by atoms with Crippen molar-refractivity contribution in [1.82, 2.24) is 14.6 Å². The number of aromatic nitrogens is 3. The fourth-order valence-corrected chi connectivity index (χ4v) is 1.36. The number of rotatable bonds is 3. The monoisotopic (exact) mass is 206 g/mol. The van der Waals surface area contributed by atoms with Crippen LogP contribution in [0.1, 0.15) is 18.0 Å². The quantitative estimate of drug-likeness (QED) is 0.748. The Labute approximate surface area is 85.3 Å². The van der Waals surface area contributed by atoms with Gasteiger partial charge >= 0.3 is 5.97 Å². The molecule has 2 heterocycles. The molecule has 78 valence electrons. The Hall–Kier alpha value is -1.95. The number of nitrogens with zero attached hydrogens (tertiary/aromatic N) is 3. The van der Waals surface area contributed by atoms with Crippen molar-refractivity contribution in [2.24, 2.45) is 5.73 Å². The molecule has 2 aromatic heterocycles. The van der Waals surface area contributed by atoms with Crippen LogP contribution in [0.3, 0.4) is 0 Å². The van der Waals surface area contributed by atoms with Crippen molar-refractivity contribution in [3.05, 3.63) is 30.2 Å². The van der Waals surface area contributed by atoms with E-state index in [4.69, 9.17) is 10.8 Å². The number of pyridine rings is 1. The summed E-state index contributed by atoms with van der Waals surface area (Å²) in [4.78, 5) is 14.5. The molecule has 1 atom stereocenters. The maximum Gasteiger partial charge on any atom is 0.305 e. The third-order valence-corrected chi connectivity index (χ3v) is 2.12. The molecule has 15 heavy (non-hydrogen) atoms. The summed E-state index contributed by atoms with van der Waals surface area (Å²) < 4.78 is 1.57. The second kappa shape index (κ2) is 3.66. The van der Waals surface area contributed by atoms with Crippen LogP contribution in [-0.4, -0.2) is 25.7 Å². The lowest BCUT2D eigenvalue weighted by Crippen LogP contribution is -2.15. The first kappa shape index (κ1) is 9.60. The molecular weight excluding hydrogens is 196 g/mol. The highest BCUT2D eigenvalue weighted by molar-refractivity contribution is 5.67. The van der Waals surface area contributed by atoms with Crippen LogP contribution in [-0.2, 0) is 4.79 Å². The van der Waals surface area contributed by atoms with Gasteiger partial charge in [0.05, 0.1) is 6.42 Å². The minimum Gasteiger partial charge on any atom is -0.481 e. The number of carboxylic acids is 1. The summed E-state index contributed by atoms with van der Waals surface area (Å²) in [5.74, 6) is -0.916. The van der Waals surface area contributed by atoms with Gasteiger partial charge in [-0.25, -0.2) is 9.50 Å². The zero-order valence-electron chi connectivity index (χ0n) is 7.87. The molecule has 0 radical (unpaired) electrons. The number of hydrogen-bond donors (Lipinski definition) is 2. The SMILES string of the molecule is NC(CC(=O)O)c1ccc2ncnn2c1. The van der Waals surface area contributed by atoms with Crippen molar-refractivity contribution >= 4 is 11.6 Å². The molecule has 0 saturated carbocycles. The molecule has 3 N–H and O–H groups in total. The van der Waals surface area contributed by atoms with Crippen LogP contribution in [0.25, 0.3) is 5.65 Å². The van der Waals surface area contributed by atoms with Gasteiger partial charge in [-0.3, -0.25) is 4.79 Å². The smallest absolute Gasteiger partial charge is 0.305 e. The Morgan fingerprint density at radius 1 is 1.60 bits per heavy atom. The molecule has 0 aromatic carbocycles. The molecular formula is C9H10N4O2. The average Bonchev–Trinajstić information content (AvgIpc) is 2.62. The lowest BCUT2D eigenvalue weighted by atomic mass is 10.1. The van der Waals surface area contributed by atoms with Gasteiger partial charge in [0.25, 0.3) is 0 Å². The second-order valence-electron chi connectivity index (χ2n) is 3.23. The van der Waals surface area contributed by atoms with Gasteiger partial charge in [0.2, 0.25) is 0 Å². The van der Waals surface area contributed by atoms with Crippen molar-refractivity contribution in [3.63, 3.8) is 0 Å². The standard InChI is InChI=1S/C9H10N4O2/c10-7(3-9(14)15)6-1-2-8-11-5-12-13(8)4-6/h1-2,4-5,7H,3,10H2,(H,14,15). The number of hydrogen-bond acceptors (Lipinski definition) is 4. The van der Waals surface area contributed by atoms with E-state index in [0.717, 1.165) is 5.56 Å². The fraction of sp³-hybridized carbons (Fsp3) is 0.222. The summed E-state index contributed by atoms with van der Waals surface area (Å²) in [5.41, 5.74) is 7.15. The first-order valence-corrected chi connectivity index (χ1v) is 4.43. The van der Waals surface area contributed by atoms with Gasteiger partial charge in [-0.2, -0.15) is 5.10 Å². The maximum atomic E-state index is 10.5. The van der Waals surface area contributed by atoms with E-state index in [2.05, 4.69) is 10.1 Å². The van der Waals surface area contributed by atoms with E-state index < -0.39 is 12.0 Å². The van der Waals surface area contributed by atoms with Crippen molar-refractivity contribution < 1.29 is 9.90 Å². The molecule has 0 aliphatic heterocycles. The van der Waals surface area contributed by atoms with E-state index in [0.29, 0.717) is 5.65 Å². The highest BCUT2D eigenvalue weighted by Crippen LogP contribution is 2.14. The summed E-state index contributed by atoms with van der Waals surface area (Å²) >= 11 is 0. The Kier molecular flexibility index (Phi) is 2.34. The lowest BCUT2D eigenvalue weighted by molar-refractivity contribution is -0.137. The molecule has 0 aliphatic rings. The predicted octanol–water partition coefficient (Wildman–Crippen LogP) is 0.204. The summed E-state index contributed by atoms with van der Waals surface area (Å²) in [5, 5.41) is 12.5. The highest BCUT2D eigenvalue weighted by atomic mass is 16.4. The Balaban J connectivity index is 2.30. The number of aliphatic carboxylic acids is 1. The summed E-state index contributed by atoms with van der Waals surface area (Å²) in [6.07, 6.45) is 3.03. The molecule has 0 spiro atoms. The van der Waals surface area contributed by atoms with Gasteiger partial charge < -0.3 is 10.8 Å². The minimum absolute atomic E-state index is 0.0970. The minimum atomic E-state index is -0.916. The topological polar surface area (TPSA) is 93.5 Å². The van der Waals surface area contributed by atoms with Crippen molar-refractivity contribution in [3.8, 4) is 0 Å². The largest absolute Gasteiger partial charge is 0.481 e. The van der Waals surface area contributed by atoms with E-state index in [1.54, 1.807) is 22.8 Å². The van der Waals surface area contributed by atoms with Crippen LogP contribution in [0.5, 0.6) is 0 Å². The zero-order valence-corrected chi connectivity index (χ0v) is 7.87. The van der Waals surface area contributed by atoms with Crippen LogP contribution < -0.4 is 5.73 Å². The number of carboxylic acid groups (broad SMARTS) is 1. The van der Waals surface area contributed by atoms with Crippen molar-refractivity contribution in [2.75, 3.05) is 0 Å². The van der Waals surface area contributed by atoms with Crippen molar-refractivity contribution in [2.45, 2.75) is 12.5 Å². The summed E-state index contributed by atoms with van der Waals surface area (Å²) in [6, 6.07) is 3.00. The number of nitrogens with two attached hydrogens (primary N) is 1. The molecule has 0 bridgehead atoms. The maximum absolute atomic E-state index is 10.5. The highest BCUT2D eigenvalue weighted by Gasteiger charge is 2.11. The molecule has 0 aliphatic carbocycles. The van der Waals surface area contributed by atoms with Gasteiger partial charge in [-0.05, 0) is 11.6 Å². The van der Waals surface area contributed by atoms with Crippen LogP contribution in [0.2, 0.25) is 0 Å². The molecule has 2 rings (SSSR count). The fourth-order valence-electron chi connectivity index (χ4n) is 1.36. The molecule has 6 nitrogen and oxygen atoms in total. The average molecular weight is 206 g/mol. The molecule has 0 saturated heterocycles. The van der Waals surface area contributed by atoms with Gasteiger partial charge in [-0.1, -0.05) is 6.07 Å². The Morgan fingerprint density at radius 3 is 3.13 bits per heavy atom. The summed E-state index contributed by atoms with van der Waals surface area (Å²) in [7, 11) is 0.